The number of nitrogens with two attached hydrogens (primary N) is 2. The van der Waals surface area contributed by atoms with Gasteiger partial charge in [-0.25, -0.2) is 0 Å². The number of carbonyl (C=O) groups excluding carboxylic acids is 1. The van der Waals surface area contributed by atoms with Crippen molar-refractivity contribution in [2.75, 3.05) is 0 Å². The van der Waals surface area contributed by atoms with Crippen LogP contribution in [-0.4, -0.2) is 11.4 Å². The minimum absolute atomic E-state index is 0.447. The molecule has 1 atom stereocenters. The molecular formula is C7H14N2O. The lowest BCUT2D eigenvalue weighted by Crippen LogP contribution is -2.49. The molecule has 0 aromatic heterocycles. The zero-order chi connectivity index (χ0) is 8.36. The average molecular weight is 142 g/mol. The Kier molecular flexibility index (Phi) is 2.60. The van der Waals surface area contributed by atoms with Gasteiger partial charge in [-0.2, -0.15) is 0 Å². The van der Waals surface area contributed by atoms with E-state index in [1.54, 1.807) is 6.92 Å². The molecule has 0 saturated heterocycles. The molecule has 0 aromatic carbocycles. The van der Waals surface area contributed by atoms with Crippen molar-refractivity contribution in [1.82, 2.24) is 0 Å². The molecule has 0 bridgehead atoms. The van der Waals surface area contributed by atoms with Crippen molar-refractivity contribution in [3.63, 3.8) is 0 Å². The van der Waals surface area contributed by atoms with Gasteiger partial charge < -0.3 is 11.5 Å². The molecule has 0 spiro atoms. The largest absolute Gasteiger partial charge is 0.368 e. The van der Waals surface area contributed by atoms with Crippen molar-refractivity contribution >= 4 is 5.91 Å². The van der Waals surface area contributed by atoms with Gasteiger partial charge in [0.1, 0.15) is 0 Å². The number of hydrogen-bond donors (Lipinski definition) is 2. The lowest BCUT2D eigenvalue weighted by Gasteiger charge is -2.19. The molecule has 0 aromatic rings. The molecule has 4 N–H and O–H groups in total. The summed E-state index contributed by atoms with van der Waals surface area (Å²) in [5, 5.41) is 0. The van der Waals surface area contributed by atoms with E-state index in [-0.39, 0.29) is 0 Å². The molecular weight excluding hydrogens is 128 g/mol. The van der Waals surface area contributed by atoms with Crippen LogP contribution in [0.3, 0.4) is 0 Å². The third-order valence-electron chi connectivity index (χ3n) is 1.23. The van der Waals surface area contributed by atoms with Gasteiger partial charge in [0.15, 0.2) is 0 Å². The van der Waals surface area contributed by atoms with Crippen LogP contribution in [0.1, 0.15) is 20.3 Å². The Morgan fingerprint density at radius 1 is 1.70 bits per heavy atom. The zero-order valence-corrected chi connectivity index (χ0v) is 6.48. The van der Waals surface area contributed by atoms with Crippen molar-refractivity contribution in [3.05, 3.63) is 12.2 Å². The molecule has 3 nitrogen and oxygen atoms in total. The van der Waals surface area contributed by atoms with Crippen molar-refractivity contribution in [1.29, 1.82) is 0 Å². The van der Waals surface area contributed by atoms with Gasteiger partial charge in [-0.05, 0) is 20.3 Å². The highest BCUT2D eigenvalue weighted by molar-refractivity contribution is 5.84. The smallest absolute Gasteiger partial charge is 0.237 e. The molecule has 0 aliphatic carbocycles. The summed E-state index contributed by atoms with van der Waals surface area (Å²) >= 11 is 0. The van der Waals surface area contributed by atoms with Crippen LogP contribution < -0.4 is 11.5 Å². The normalized spacial score (nSPS) is 15.9. The first-order valence-corrected chi connectivity index (χ1v) is 3.09. The maximum atomic E-state index is 10.6. The Morgan fingerprint density at radius 3 is 2.20 bits per heavy atom. The van der Waals surface area contributed by atoms with E-state index in [0.717, 1.165) is 5.57 Å². The fraction of sp³-hybridized carbons (Fsp3) is 0.571. The summed E-state index contributed by atoms with van der Waals surface area (Å²) in [4.78, 5) is 10.6. The Labute approximate surface area is 61.1 Å². The van der Waals surface area contributed by atoms with Crippen molar-refractivity contribution in [2.24, 2.45) is 11.5 Å². The molecule has 0 saturated carbocycles. The van der Waals surface area contributed by atoms with E-state index in [2.05, 4.69) is 6.58 Å². The van der Waals surface area contributed by atoms with E-state index in [9.17, 15) is 4.79 Å². The molecule has 1 amide bonds. The van der Waals surface area contributed by atoms with E-state index in [4.69, 9.17) is 11.5 Å². The summed E-state index contributed by atoms with van der Waals surface area (Å²) in [6.07, 6.45) is 0.447. The Balaban J connectivity index is 4.13. The topological polar surface area (TPSA) is 69.1 Å². The third-order valence-corrected chi connectivity index (χ3v) is 1.23. The Hall–Kier alpha value is -0.830. The summed E-state index contributed by atoms with van der Waals surface area (Å²) in [7, 11) is 0. The maximum absolute atomic E-state index is 10.6. The predicted octanol–water partition coefficient (Wildman–Crippen LogP) is 0.155. The van der Waals surface area contributed by atoms with Crippen LogP contribution in [0.25, 0.3) is 0 Å². The van der Waals surface area contributed by atoms with Gasteiger partial charge in [-0.15, -0.1) is 6.58 Å². The molecule has 0 heterocycles. The first-order chi connectivity index (χ1) is 4.36. The minimum Gasteiger partial charge on any atom is -0.368 e. The molecule has 0 radical (unpaired) electrons. The highest BCUT2D eigenvalue weighted by Crippen LogP contribution is 2.10. The van der Waals surface area contributed by atoms with Gasteiger partial charge in [0.2, 0.25) is 5.91 Å². The van der Waals surface area contributed by atoms with Gasteiger partial charge in [-0.1, -0.05) is 5.57 Å². The number of amides is 1. The lowest BCUT2D eigenvalue weighted by molar-refractivity contribution is -0.122. The second kappa shape index (κ2) is 2.84. The van der Waals surface area contributed by atoms with Crippen LogP contribution >= 0.6 is 0 Å². The van der Waals surface area contributed by atoms with Crippen molar-refractivity contribution < 1.29 is 4.79 Å². The SMILES string of the molecule is C=C(C)CC(C)(N)C(N)=O. The van der Waals surface area contributed by atoms with Gasteiger partial charge in [-0.3, -0.25) is 4.79 Å². The Bertz CT molecular complexity index is 161. The minimum atomic E-state index is -0.939. The van der Waals surface area contributed by atoms with Gasteiger partial charge in [0.25, 0.3) is 0 Å². The van der Waals surface area contributed by atoms with Gasteiger partial charge in [0, 0.05) is 0 Å². The molecule has 1 unspecified atom stereocenters. The molecule has 0 aliphatic heterocycles. The van der Waals surface area contributed by atoms with E-state index in [1.807, 2.05) is 6.92 Å². The van der Waals surface area contributed by atoms with Crippen LogP contribution in [0.15, 0.2) is 12.2 Å². The summed E-state index contributed by atoms with van der Waals surface area (Å²) < 4.78 is 0. The van der Waals surface area contributed by atoms with Gasteiger partial charge in [0.05, 0.1) is 5.54 Å². The van der Waals surface area contributed by atoms with Crippen LogP contribution in [0.4, 0.5) is 0 Å². The first-order valence-electron chi connectivity index (χ1n) is 3.09. The van der Waals surface area contributed by atoms with Crippen molar-refractivity contribution in [2.45, 2.75) is 25.8 Å². The molecule has 0 fully saturated rings. The fourth-order valence-corrected chi connectivity index (χ4v) is 0.714. The van der Waals surface area contributed by atoms with Crippen LogP contribution in [0.5, 0.6) is 0 Å². The maximum Gasteiger partial charge on any atom is 0.237 e. The molecule has 0 rings (SSSR count). The number of rotatable bonds is 3. The molecule has 10 heavy (non-hydrogen) atoms. The predicted molar refractivity (Wildman–Crippen MR) is 41.2 cm³/mol. The average Bonchev–Trinajstić information content (AvgIpc) is 1.60. The number of carbonyl (C=O) groups is 1. The molecule has 58 valence electrons. The van der Waals surface area contributed by atoms with Crippen LogP contribution in [0, 0.1) is 0 Å². The van der Waals surface area contributed by atoms with Crippen LogP contribution in [0.2, 0.25) is 0 Å². The summed E-state index contributed by atoms with van der Waals surface area (Å²) in [5.74, 6) is -0.490. The molecule has 0 aliphatic rings. The van der Waals surface area contributed by atoms with E-state index in [0.29, 0.717) is 6.42 Å². The third kappa shape index (κ3) is 2.64. The monoisotopic (exact) mass is 142 g/mol. The second-order valence-corrected chi connectivity index (χ2v) is 2.92. The first kappa shape index (κ1) is 9.17. The highest BCUT2D eigenvalue weighted by Gasteiger charge is 2.24. The summed E-state index contributed by atoms with van der Waals surface area (Å²) in [5.41, 5.74) is 10.5. The zero-order valence-electron chi connectivity index (χ0n) is 6.48. The van der Waals surface area contributed by atoms with Crippen LogP contribution in [-0.2, 0) is 4.79 Å². The van der Waals surface area contributed by atoms with E-state index < -0.39 is 11.4 Å². The van der Waals surface area contributed by atoms with Crippen molar-refractivity contribution in [3.8, 4) is 0 Å². The second-order valence-electron chi connectivity index (χ2n) is 2.92. The Morgan fingerprint density at radius 2 is 2.10 bits per heavy atom. The molecule has 3 heteroatoms. The number of hydrogen-bond acceptors (Lipinski definition) is 2. The standard InChI is InChI=1S/C7H14N2O/c1-5(2)4-7(3,9)6(8)10/h1,4,9H2,2-3H3,(H2,8,10). The van der Waals surface area contributed by atoms with E-state index in [1.165, 1.54) is 0 Å². The quantitative estimate of drug-likeness (QED) is 0.551. The fourth-order valence-electron chi connectivity index (χ4n) is 0.714. The van der Waals surface area contributed by atoms with Gasteiger partial charge >= 0.3 is 0 Å². The highest BCUT2D eigenvalue weighted by atomic mass is 16.1. The van der Waals surface area contributed by atoms with E-state index >= 15 is 0 Å². The summed E-state index contributed by atoms with van der Waals surface area (Å²) in [6.45, 7) is 7.05. The number of primary amides is 1. The lowest BCUT2D eigenvalue weighted by atomic mass is 9.95. The summed E-state index contributed by atoms with van der Waals surface area (Å²) in [6, 6.07) is 0.